The predicted octanol–water partition coefficient (Wildman–Crippen LogP) is 5.01. The summed E-state index contributed by atoms with van der Waals surface area (Å²) in [6.45, 7) is 5.47. The van der Waals surface area contributed by atoms with E-state index >= 15 is 0 Å². The highest BCUT2D eigenvalue weighted by Crippen LogP contribution is 2.30. The minimum Gasteiger partial charge on any atom is -0.362 e. The largest absolute Gasteiger partial charge is 0.362 e. The number of nitrogens with zero attached hydrogens (tertiary/aromatic N) is 2. The molecule has 0 bridgehead atoms. The van der Waals surface area contributed by atoms with Crippen LogP contribution in [0, 0.1) is 0 Å². The van der Waals surface area contributed by atoms with E-state index in [4.69, 9.17) is 23.2 Å². The van der Waals surface area contributed by atoms with Crippen LogP contribution < -0.4 is 4.90 Å². The molecule has 2 aromatic carbocycles. The lowest BCUT2D eigenvalue weighted by Crippen LogP contribution is -2.39. The second-order valence-corrected chi connectivity index (χ2v) is 7.54. The Kier molecular flexibility index (Phi) is 5.55. The van der Waals surface area contributed by atoms with Gasteiger partial charge < -0.3 is 9.80 Å². The van der Waals surface area contributed by atoms with Crippen LogP contribution in [0.25, 0.3) is 0 Å². The minimum absolute atomic E-state index is 0.102. The first-order valence-electron chi connectivity index (χ1n) is 8.51. The summed E-state index contributed by atoms with van der Waals surface area (Å²) in [4.78, 5) is 16.6. The molecular formula is C20H22Cl2N2O. The number of carbonyl (C=O) groups is 1. The van der Waals surface area contributed by atoms with Crippen molar-refractivity contribution in [3.8, 4) is 0 Å². The van der Waals surface area contributed by atoms with Gasteiger partial charge in [-0.05, 0) is 43.7 Å². The Morgan fingerprint density at radius 3 is 2.56 bits per heavy atom. The van der Waals surface area contributed by atoms with Gasteiger partial charge >= 0.3 is 0 Å². The smallest absolute Gasteiger partial charge is 0.225 e. The van der Waals surface area contributed by atoms with Gasteiger partial charge in [-0.25, -0.2) is 0 Å². The maximum absolute atomic E-state index is 12.4. The topological polar surface area (TPSA) is 23.6 Å². The van der Waals surface area contributed by atoms with Crippen LogP contribution in [-0.4, -0.2) is 29.4 Å². The van der Waals surface area contributed by atoms with Crippen LogP contribution in [0.3, 0.4) is 0 Å². The molecule has 2 aromatic rings. The standard InChI is InChI=1S/C20H22Cl2N2O/c1-14(2)23-13-18(11-20(23)25)24(17-8-5-7-16(21)10-17)12-15-6-3-4-9-19(15)22/h3-10,14,18H,11-13H2,1-2H3/t18-/m0/s1. The number of benzene rings is 2. The van der Waals surface area contributed by atoms with E-state index < -0.39 is 0 Å². The molecular weight excluding hydrogens is 355 g/mol. The van der Waals surface area contributed by atoms with Gasteiger partial charge in [0.1, 0.15) is 0 Å². The van der Waals surface area contributed by atoms with Crippen LogP contribution >= 0.6 is 23.2 Å². The van der Waals surface area contributed by atoms with Gasteiger partial charge in [0.2, 0.25) is 5.91 Å². The van der Waals surface area contributed by atoms with Crippen molar-refractivity contribution in [3.05, 3.63) is 64.1 Å². The molecule has 25 heavy (non-hydrogen) atoms. The highest BCUT2D eigenvalue weighted by Gasteiger charge is 2.35. The molecule has 0 radical (unpaired) electrons. The zero-order chi connectivity index (χ0) is 18.0. The third-order valence-corrected chi connectivity index (χ3v) is 5.24. The van der Waals surface area contributed by atoms with E-state index in [0.29, 0.717) is 24.5 Å². The zero-order valence-electron chi connectivity index (χ0n) is 14.5. The molecule has 0 unspecified atom stereocenters. The fraction of sp³-hybridized carbons (Fsp3) is 0.350. The van der Waals surface area contributed by atoms with E-state index in [0.717, 1.165) is 16.3 Å². The molecule has 5 heteroatoms. The summed E-state index contributed by atoms with van der Waals surface area (Å²) in [6.07, 6.45) is 0.509. The molecule has 3 nitrogen and oxygen atoms in total. The quantitative estimate of drug-likeness (QED) is 0.731. The van der Waals surface area contributed by atoms with Crippen LogP contribution in [0.1, 0.15) is 25.8 Å². The van der Waals surface area contributed by atoms with Crippen molar-refractivity contribution < 1.29 is 4.79 Å². The highest BCUT2D eigenvalue weighted by molar-refractivity contribution is 6.31. The van der Waals surface area contributed by atoms with Crippen LogP contribution in [0.2, 0.25) is 10.0 Å². The van der Waals surface area contributed by atoms with Gasteiger partial charge in [-0.15, -0.1) is 0 Å². The maximum Gasteiger partial charge on any atom is 0.225 e. The van der Waals surface area contributed by atoms with E-state index in [1.807, 2.05) is 53.4 Å². The molecule has 0 aliphatic carbocycles. The number of carbonyl (C=O) groups excluding carboxylic acids is 1. The number of amides is 1. The SMILES string of the molecule is CC(C)N1C[C@@H](N(Cc2ccccc2Cl)c2cccc(Cl)c2)CC1=O. The Labute approximate surface area is 159 Å². The molecule has 1 aliphatic rings. The summed E-state index contributed by atoms with van der Waals surface area (Å²) in [5, 5.41) is 1.42. The molecule has 1 atom stereocenters. The van der Waals surface area contributed by atoms with Gasteiger partial charge in [-0.2, -0.15) is 0 Å². The molecule has 0 aromatic heterocycles. The number of hydrogen-bond acceptors (Lipinski definition) is 2. The maximum atomic E-state index is 12.4. The molecule has 1 aliphatic heterocycles. The second kappa shape index (κ2) is 7.67. The van der Waals surface area contributed by atoms with Crippen molar-refractivity contribution in [1.82, 2.24) is 4.90 Å². The minimum atomic E-state index is 0.102. The van der Waals surface area contributed by atoms with Crippen LogP contribution in [0.15, 0.2) is 48.5 Å². The molecule has 0 spiro atoms. The fourth-order valence-electron chi connectivity index (χ4n) is 3.32. The highest BCUT2D eigenvalue weighted by atomic mass is 35.5. The summed E-state index contributed by atoms with van der Waals surface area (Å²) in [7, 11) is 0. The molecule has 132 valence electrons. The fourth-order valence-corrected chi connectivity index (χ4v) is 3.70. The summed E-state index contributed by atoms with van der Waals surface area (Å²) in [5.74, 6) is 0.200. The van der Waals surface area contributed by atoms with Gasteiger partial charge in [-0.3, -0.25) is 4.79 Å². The number of hydrogen-bond donors (Lipinski definition) is 0. The van der Waals surface area contributed by atoms with Gasteiger partial charge in [-0.1, -0.05) is 47.5 Å². The number of rotatable bonds is 5. The van der Waals surface area contributed by atoms with E-state index in [1.165, 1.54) is 0 Å². The van der Waals surface area contributed by atoms with Crippen molar-refractivity contribution >= 4 is 34.8 Å². The van der Waals surface area contributed by atoms with E-state index in [-0.39, 0.29) is 18.0 Å². The molecule has 3 rings (SSSR count). The lowest BCUT2D eigenvalue weighted by molar-refractivity contribution is -0.129. The summed E-state index contributed by atoms with van der Waals surface area (Å²) >= 11 is 12.6. The molecule has 0 N–H and O–H groups in total. The van der Waals surface area contributed by atoms with E-state index in [9.17, 15) is 4.79 Å². The molecule has 0 saturated carbocycles. The normalized spacial score (nSPS) is 17.4. The predicted molar refractivity (Wildman–Crippen MR) is 104 cm³/mol. The summed E-state index contributed by atoms with van der Waals surface area (Å²) < 4.78 is 0. The Hall–Kier alpha value is -1.71. The molecule has 1 fully saturated rings. The Morgan fingerprint density at radius 1 is 1.16 bits per heavy atom. The first kappa shape index (κ1) is 18.1. The zero-order valence-corrected chi connectivity index (χ0v) is 16.0. The van der Waals surface area contributed by atoms with E-state index in [1.54, 1.807) is 0 Å². The third-order valence-electron chi connectivity index (χ3n) is 4.64. The lowest BCUT2D eigenvalue weighted by Gasteiger charge is -2.32. The molecule has 1 saturated heterocycles. The van der Waals surface area contributed by atoms with Crippen molar-refractivity contribution in [3.63, 3.8) is 0 Å². The summed E-state index contributed by atoms with van der Waals surface area (Å²) in [6, 6.07) is 15.9. The van der Waals surface area contributed by atoms with Crippen molar-refractivity contribution in [1.29, 1.82) is 0 Å². The average molecular weight is 377 g/mol. The Bertz CT molecular complexity index is 763. The monoisotopic (exact) mass is 376 g/mol. The molecule has 1 heterocycles. The van der Waals surface area contributed by atoms with Gasteiger partial charge in [0.05, 0.1) is 6.04 Å². The van der Waals surface area contributed by atoms with Crippen molar-refractivity contribution in [2.24, 2.45) is 0 Å². The third kappa shape index (κ3) is 4.10. The van der Waals surface area contributed by atoms with Gasteiger partial charge in [0.25, 0.3) is 0 Å². The number of likely N-dealkylation sites (tertiary alicyclic amines) is 1. The lowest BCUT2D eigenvalue weighted by atomic mass is 10.1. The number of anilines is 1. The number of halogens is 2. The Balaban J connectivity index is 1.93. The van der Waals surface area contributed by atoms with Gasteiger partial charge in [0, 0.05) is 41.3 Å². The van der Waals surface area contributed by atoms with Crippen LogP contribution in [0.4, 0.5) is 5.69 Å². The van der Waals surface area contributed by atoms with Crippen molar-refractivity contribution in [2.75, 3.05) is 11.4 Å². The first-order chi connectivity index (χ1) is 12.0. The van der Waals surface area contributed by atoms with Gasteiger partial charge in [0.15, 0.2) is 0 Å². The summed E-state index contributed by atoms with van der Waals surface area (Å²) in [5.41, 5.74) is 2.05. The van der Waals surface area contributed by atoms with E-state index in [2.05, 4.69) is 18.7 Å². The van der Waals surface area contributed by atoms with Crippen molar-refractivity contribution in [2.45, 2.75) is 38.9 Å². The second-order valence-electron chi connectivity index (χ2n) is 6.70. The Morgan fingerprint density at radius 2 is 1.92 bits per heavy atom. The van der Waals surface area contributed by atoms with Crippen LogP contribution in [0.5, 0.6) is 0 Å². The molecule has 1 amide bonds. The van der Waals surface area contributed by atoms with Crippen LogP contribution in [-0.2, 0) is 11.3 Å². The average Bonchev–Trinajstić information content (AvgIpc) is 2.96. The first-order valence-corrected chi connectivity index (χ1v) is 9.26.